The Morgan fingerprint density at radius 1 is 1.52 bits per heavy atom. The normalized spacial score (nSPS) is 20.7. The predicted octanol–water partition coefficient (Wildman–Crippen LogP) is 1.95. The van der Waals surface area contributed by atoms with Gasteiger partial charge < -0.3 is 9.84 Å². The molecule has 2 atom stereocenters. The standard InChI is InChI=1S/C14H20BrNO4S/c1-9-13(15)5-11(7-17)6-14(9)21(18,19)16-10(2)12-3-4-20-8-12/h5-6,10,12,16-17H,3-4,7-8H2,1-2H3. The molecular weight excluding hydrogens is 358 g/mol. The fraction of sp³-hybridized carbons (Fsp3) is 0.571. The van der Waals surface area contributed by atoms with Gasteiger partial charge in [0.15, 0.2) is 0 Å². The van der Waals surface area contributed by atoms with E-state index in [9.17, 15) is 13.5 Å². The van der Waals surface area contributed by atoms with Gasteiger partial charge in [-0.2, -0.15) is 0 Å². The van der Waals surface area contributed by atoms with Crippen LogP contribution in [0.5, 0.6) is 0 Å². The van der Waals surface area contributed by atoms with Crippen molar-refractivity contribution in [3.05, 3.63) is 27.7 Å². The van der Waals surface area contributed by atoms with Gasteiger partial charge in [0.2, 0.25) is 10.0 Å². The Labute approximate surface area is 133 Å². The van der Waals surface area contributed by atoms with Crippen molar-refractivity contribution in [2.24, 2.45) is 5.92 Å². The Balaban J connectivity index is 2.28. The number of aliphatic hydroxyl groups excluding tert-OH is 1. The van der Waals surface area contributed by atoms with E-state index in [1.165, 1.54) is 6.07 Å². The molecule has 1 aromatic rings. The number of benzene rings is 1. The van der Waals surface area contributed by atoms with Crippen LogP contribution in [0.15, 0.2) is 21.5 Å². The number of nitrogens with one attached hydrogen (secondary N) is 1. The molecule has 0 radical (unpaired) electrons. The van der Waals surface area contributed by atoms with Gasteiger partial charge in [-0.25, -0.2) is 13.1 Å². The van der Waals surface area contributed by atoms with Gasteiger partial charge in [0, 0.05) is 23.0 Å². The van der Waals surface area contributed by atoms with Crippen molar-refractivity contribution in [2.75, 3.05) is 13.2 Å². The van der Waals surface area contributed by atoms with E-state index in [0.29, 0.717) is 28.8 Å². The van der Waals surface area contributed by atoms with Gasteiger partial charge in [-0.1, -0.05) is 15.9 Å². The molecule has 7 heteroatoms. The maximum atomic E-state index is 12.6. The summed E-state index contributed by atoms with van der Waals surface area (Å²) < 4.78 is 33.9. The van der Waals surface area contributed by atoms with Crippen LogP contribution in [0.1, 0.15) is 24.5 Å². The van der Waals surface area contributed by atoms with Crippen molar-refractivity contribution in [1.29, 1.82) is 0 Å². The lowest BCUT2D eigenvalue weighted by molar-refractivity contribution is 0.180. The first-order valence-electron chi connectivity index (χ1n) is 6.85. The van der Waals surface area contributed by atoms with Gasteiger partial charge >= 0.3 is 0 Å². The molecule has 1 aliphatic heterocycles. The SMILES string of the molecule is Cc1c(Br)cc(CO)cc1S(=O)(=O)NC(C)C1CCOC1. The molecule has 21 heavy (non-hydrogen) atoms. The molecule has 1 aromatic carbocycles. The quantitative estimate of drug-likeness (QED) is 0.821. The molecule has 5 nitrogen and oxygen atoms in total. The van der Waals surface area contributed by atoms with Gasteiger partial charge in [-0.3, -0.25) is 0 Å². The lowest BCUT2D eigenvalue weighted by Crippen LogP contribution is -2.38. The highest BCUT2D eigenvalue weighted by atomic mass is 79.9. The Morgan fingerprint density at radius 3 is 2.81 bits per heavy atom. The van der Waals surface area contributed by atoms with E-state index in [1.807, 2.05) is 6.92 Å². The smallest absolute Gasteiger partial charge is 0.241 e. The first-order chi connectivity index (χ1) is 9.85. The third-order valence-corrected chi connectivity index (χ3v) is 6.35. The average molecular weight is 378 g/mol. The van der Waals surface area contributed by atoms with Crippen LogP contribution in [0.4, 0.5) is 0 Å². The van der Waals surface area contributed by atoms with Crippen molar-refractivity contribution >= 4 is 26.0 Å². The highest BCUT2D eigenvalue weighted by Gasteiger charge is 2.28. The number of sulfonamides is 1. The van der Waals surface area contributed by atoms with Crippen LogP contribution in [0.2, 0.25) is 0 Å². The summed E-state index contributed by atoms with van der Waals surface area (Å²) in [5.41, 5.74) is 1.19. The van der Waals surface area contributed by atoms with E-state index < -0.39 is 10.0 Å². The van der Waals surface area contributed by atoms with Crippen molar-refractivity contribution in [3.63, 3.8) is 0 Å². The minimum absolute atomic E-state index is 0.187. The molecule has 118 valence electrons. The molecule has 0 aromatic heterocycles. The Morgan fingerprint density at radius 2 is 2.24 bits per heavy atom. The third kappa shape index (κ3) is 3.84. The lowest BCUT2D eigenvalue weighted by Gasteiger charge is -2.20. The fourth-order valence-corrected chi connectivity index (χ4v) is 4.70. The van der Waals surface area contributed by atoms with Crippen molar-refractivity contribution in [2.45, 2.75) is 37.8 Å². The highest BCUT2D eigenvalue weighted by molar-refractivity contribution is 9.10. The van der Waals surface area contributed by atoms with Crippen LogP contribution in [-0.2, 0) is 21.4 Å². The average Bonchev–Trinajstić information content (AvgIpc) is 2.95. The van der Waals surface area contributed by atoms with E-state index in [-0.39, 0.29) is 23.5 Å². The molecule has 1 heterocycles. The molecule has 0 bridgehead atoms. The van der Waals surface area contributed by atoms with Gasteiger partial charge in [-0.05, 0) is 43.5 Å². The summed E-state index contributed by atoms with van der Waals surface area (Å²) in [6, 6.07) is 3.05. The van der Waals surface area contributed by atoms with Crippen molar-refractivity contribution in [1.82, 2.24) is 4.72 Å². The summed E-state index contributed by atoms with van der Waals surface area (Å²) in [7, 11) is -3.63. The number of ether oxygens (including phenoxy) is 1. The molecule has 0 amide bonds. The van der Waals surface area contributed by atoms with E-state index in [1.54, 1.807) is 13.0 Å². The molecule has 0 aliphatic carbocycles. The van der Waals surface area contributed by atoms with Crippen molar-refractivity contribution in [3.8, 4) is 0 Å². The van der Waals surface area contributed by atoms with Gasteiger partial charge in [-0.15, -0.1) is 0 Å². The largest absolute Gasteiger partial charge is 0.392 e. The minimum Gasteiger partial charge on any atom is -0.392 e. The van der Waals surface area contributed by atoms with Gasteiger partial charge in [0.25, 0.3) is 0 Å². The lowest BCUT2D eigenvalue weighted by atomic mass is 10.0. The Bertz CT molecular complexity index is 612. The molecule has 2 rings (SSSR count). The third-order valence-electron chi connectivity index (χ3n) is 3.84. The van der Waals surface area contributed by atoms with Crippen LogP contribution in [0.25, 0.3) is 0 Å². The van der Waals surface area contributed by atoms with E-state index in [0.717, 1.165) is 6.42 Å². The van der Waals surface area contributed by atoms with Gasteiger partial charge in [0.1, 0.15) is 0 Å². The molecular formula is C14H20BrNO4S. The van der Waals surface area contributed by atoms with Crippen LogP contribution in [0.3, 0.4) is 0 Å². The summed E-state index contributed by atoms with van der Waals surface area (Å²) in [5.74, 6) is 0.199. The second-order valence-corrected chi connectivity index (χ2v) is 7.93. The second kappa shape index (κ2) is 6.75. The summed E-state index contributed by atoms with van der Waals surface area (Å²) in [6.07, 6.45) is 0.864. The maximum Gasteiger partial charge on any atom is 0.241 e. The number of hydrogen-bond acceptors (Lipinski definition) is 4. The maximum absolute atomic E-state index is 12.6. The molecule has 2 N–H and O–H groups in total. The number of rotatable bonds is 5. The van der Waals surface area contributed by atoms with E-state index in [4.69, 9.17) is 4.74 Å². The van der Waals surface area contributed by atoms with E-state index in [2.05, 4.69) is 20.7 Å². The summed E-state index contributed by atoms with van der Waals surface area (Å²) in [6.45, 7) is 4.66. The topological polar surface area (TPSA) is 75.6 Å². The second-order valence-electron chi connectivity index (χ2n) is 5.39. The minimum atomic E-state index is -3.63. The van der Waals surface area contributed by atoms with Gasteiger partial charge in [0.05, 0.1) is 18.1 Å². The molecule has 2 unspecified atom stereocenters. The molecule has 1 fully saturated rings. The Kier molecular flexibility index (Phi) is 5.43. The summed E-state index contributed by atoms with van der Waals surface area (Å²) in [5, 5.41) is 9.25. The zero-order valence-electron chi connectivity index (χ0n) is 12.1. The predicted molar refractivity (Wildman–Crippen MR) is 83.5 cm³/mol. The summed E-state index contributed by atoms with van der Waals surface area (Å²) >= 11 is 3.34. The highest BCUT2D eigenvalue weighted by Crippen LogP contribution is 2.27. The first kappa shape index (κ1) is 16.9. The molecule has 0 saturated carbocycles. The Hall–Kier alpha value is -0.470. The zero-order valence-corrected chi connectivity index (χ0v) is 14.5. The monoisotopic (exact) mass is 377 g/mol. The van der Waals surface area contributed by atoms with E-state index >= 15 is 0 Å². The molecule has 1 aliphatic rings. The number of aliphatic hydroxyl groups is 1. The van der Waals surface area contributed by atoms with Crippen LogP contribution in [-0.4, -0.2) is 32.8 Å². The first-order valence-corrected chi connectivity index (χ1v) is 9.12. The van der Waals surface area contributed by atoms with Crippen LogP contribution < -0.4 is 4.72 Å². The molecule has 1 saturated heterocycles. The number of halogens is 1. The van der Waals surface area contributed by atoms with Crippen molar-refractivity contribution < 1.29 is 18.3 Å². The van der Waals surface area contributed by atoms with Crippen LogP contribution >= 0.6 is 15.9 Å². The summed E-state index contributed by atoms with van der Waals surface area (Å²) in [4.78, 5) is 0.201. The zero-order chi connectivity index (χ0) is 15.6. The van der Waals surface area contributed by atoms with Crippen LogP contribution in [0, 0.1) is 12.8 Å². The number of hydrogen-bond donors (Lipinski definition) is 2. The molecule has 0 spiro atoms. The fourth-order valence-electron chi connectivity index (χ4n) is 2.43.